The Labute approximate surface area is 105 Å². The molecule has 1 fully saturated rings. The van der Waals surface area contributed by atoms with Crippen LogP contribution in [0.25, 0.3) is 11.1 Å². The molecule has 0 saturated heterocycles. The molecule has 1 heterocycles. The van der Waals surface area contributed by atoms with Gasteiger partial charge < -0.3 is 9.73 Å². The van der Waals surface area contributed by atoms with E-state index in [1.54, 1.807) is 0 Å². The highest BCUT2D eigenvalue weighted by atomic mass is 16.3. The van der Waals surface area contributed by atoms with Crippen molar-refractivity contribution in [3.63, 3.8) is 0 Å². The van der Waals surface area contributed by atoms with Crippen molar-refractivity contribution in [3.8, 4) is 0 Å². The van der Waals surface area contributed by atoms with Gasteiger partial charge in [-0.25, -0.2) is 4.98 Å². The Bertz CT molecular complexity index is 556. The third kappa shape index (κ3) is 2.37. The molecule has 0 bridgehead atoms. The first kappa shape index (κ1) is 11.3. The number of amides is 1. The minimum Gasteiger partial charge on any atom is -0.443 e. The van der Waals surface area contributed by atoms with E-state index in [9.17, 15) is 4.79 Å². The molecule has 1 N–H and O–H groups in total. The minimum absolute atomic E-state index is 0.102. The molecule has 94 valence electrons. The van der Waals surface area contributed by atoms with E-state index in [-0.39, 0.29) is 5.91 Å². The molecule has 0 radical (unpaired) electrons. The molecule has 1 saturated carbocycles. The molecule has 0 atom stereocenters. The van der Waals surface area contributed by atoms with Crippen LogP contribution in [-0.2, 0) is 11.2 Å². The number of carbonyl (C=O) groups excluding carboxylic acids is 1. The lowest BCUT2D eigenvalue weighted by molar-refractivity contribution is -0.121. The van der Waals surface area contributed by atoms with E-state index in [4.69, 9.17) is 4.42 Å². The lowest BCUT2D eigenvalue weighted by Crippen LogP contribution is -2.33. The lowest BCUT2D eigenvalue weighted by atomic mass is 10.1. The molecule has 0 spiro atoms. The topological polar surface area (TPSA) is 55.1 Å². The van der Waals surface area contributed by atoms with Crippen LogP contribution in [0.3, 0.4) is 0 Å². The highest BCUT2D eigenvalue weighted by Crippen LogP contribution is 2.18. The summed E-state index contributed by atoms with van der Waals surface area (Å²) >= 11 is 0. The number of nitrogens with zero attached hydrogens (tertiary/aromatic N) is 1. The number of carbonyl (C=O) groups is 1. The molecule has 2 aromatic rings. The van der Waals surface area contributed by atoms with Crippen LogP contribution >= 0.6 is 0 Å². The summed E-state index contributed by atoms with van der Waals surface area (Å²) in [4.78, 5) is 16.0. The van der Waals surface area contributed by atoms with Crippen LogP contribution < -0.4 is 5.32 Å². The highest BCUT2D eigenvalue weighted by molar-refractivity contribution is 5.81. The molecule has 1 aliphatic carbocycles. The molecular weight excluding hydrogens is 228 g/mol. The Morgan fingerprint density at radius 3 is 3.06 bits per heavy atom. The fourth-order valence-corrected chi connectivity index (χ4v) is 2.55. The van der Waals surface area contributed by atoms with E-state index in [2.05, 4.69) is 10.3 Å². The molecule has 1 aliphatic rings. The number of hydrogen-bond acceptors (Lipinski definition) is 3. The monoisotopic (exact) mass is 244 g/mol. The maximum atomic E-state index is 11.9. The Hall–Kier alpha value is -1.84. The first-order valence-electron chi connectivity index (χ1n) is 6.43. The minimum atomic E-state index is 0.102. The van der Waals surface area contributed by atoms with E-state index in [1.807, 2.05) is 18.2 Å². The van der Waals surface area contributed by atoms with Crippen LogP contribution in [-0.4, -0.2) is 16.9 Å². The lowest BCUT2D eigenvalue weighted by Gasteiger charge is -2.11. The predicted octanol–water partition coefficient (Wildman–Crippen LogP) is 2.43. The zero-order valence-corrected chi connectivity index (χ0v) is 10.2. The number of oxazole rings is 1. The number of nitrogens with one attached hydrogen (secondary N) is 1. The van der Waals surface area contributed by atoms with Crippen LogP contribution in [0.2, 0.25) is 0 Å². The molecule has 1 aromatic heterocycles. The fraction of sp³-hybridized carbons (Fsp3) is 0.429. The number of rotatable bonds is 3. The SMILES string of the molecule is O=C(Cc1ccc2ocnc2c1)NC1CCCC1. The smallest absolute Gasteiger partial charge is 0.224 e. The van der Waals surface area contributed by atoms with Crippen LogP contribution in [0.4, 0.5) is 0 Å². The van der Waals surface area contributed by atoms with Gasteiger partial charge in [0.05, 0.1) is 6.42 Å². The number of hydrogen-bond donors (Lipinski definition) is 1. The van der Waals surface area contributed by atoms with E-state index < -0.39 is 0 Å². The van der Waals surface area contributed by atoms with Gasteiger partial charge in [-0.3, -0.25) is 4.79 Å². The number of aromatic nitrogens is 1. The van der Waals surface area contributed by atoms with Gasteiger partial charge in [-0.2, -0.15) is 0 Å². The Morgan fingerprint density at radius 1 is 1.39 bits per heavy atom. The second kappa shape index (κ2) is 4.80. The predicted molar refractivity (Wildman–Crippen MR) is 68.1 cm³/mol. The van der Waals surface area contributed by atoms with Gasteiger partial charge in [0.2, 0.25) is 5.91 Å². The van der Waals surface area contributed by atoms with E-state index in [0.29, 0.717) is 12.5 Å². The average molecular weight is 244 g/mol. The fourth-order valence-electron chi connectivity index (χ4n) is 2.55. The first-order chi connectivity index (χ1) is 8.81. The zero-order valence-electron chi connectivity index (χ0n) is 10.2. The van der Waals surface area contributed by atoms with Gasteiger partial charge in [-0.05, 0) is 30.5 Å². The van der Waals surface area contributed by atoms with Crippen LogP contribution in [0.5, 0.6) is 0 Å². The number of fused-ring (bicyclic) bond motifs is 1. The Morgan fingerprint density at radius 2 is 2.22 bits per heavy atom. The number of benzene rings is 1. The summed E-state index contributed by atoms with van der Waals surface area (Å²) in [5.74, 6) is 0.102. The quantitative estimate of drug-likeness (QED) is 0.902. The molecule has 3 rings (SSSR count). The normalized spacial score (nSPS) is 16.2. The van der Waals surface area contributed by atoms with Gasteiger partial charge in [0.25, 0.3) is 0 Å². The Kier molecular flexibility index (Phi) is 3.00. The molecule has 1 amide bonds. The summed E-state index contributed by atoms with van der Waals surface area (Å²) in [6.07, 6.45) is 6.54. The summed E-state index contributed by atoms with van der Waals surface area (Å²) in [6, 6.07) is 6.07. The molecular formula is C14H16N2O2. The van der Waals surface area contributed by atoms with Crippen molar-refractivity contribution in [2.45, 2.75) is 38.1 Å². The summed E-state index contributed by atoms with van der Waals surface area (Å²) in [5, 5.41) is 3.09. The maximum Gasteiger partial charge on any atom is 0.224 e. The van der Waals surface area contributed by atoms with E-state index >= 15 is 0 Å². The van der Waals surface area contributed by atoms with Gasteiger partial charge in [0, 0.05) is 6.04 Å². The van der Waals surface area contributed by atoms with Crippen molar-refractivity contribution in [2.24, 2.45) is 0 Å². The van der Waals surface area contributed by atoms with Crippen molar-refractivity contribution < 1.29 is 9.21 Å². The van der Waals surface area contributed by atoms with E-state index in [1.165, 1.54) is 19.2 Å². The van der Waals surface area contributed by atoms with Crippen LogP contribution in [0, 0.1) is 0 Å². The van der Waals surface area contributed by atoms with E-state index in [0.717, 1.165) is 29.5 Å². The standard InChI is InChI=1S/C14H16N2O2/c17-14(16-11-3-1-2-4-11)8-10-5-6-13-12(7-10)15-9-18-13/h5-7,9,11H,1-4,8H2,(H,16,17). The highest BCUT2D eigenvalue weighted by Gasteiger charge is 2.17. The van der Waals surface area contributed by atoms with Crippen molar-refractivity contribution in [1.82, 2.24) is 10.3 Å². The largest absolute Gasteiger partial charge is 0.443 e. The molecule has 1 aromatic carbocycles. The molecule has 0 unspecified atom stereocenters. The summed E-state index contributed by atoms with van der Waals surface area (Å²) in [6.45, 7) is 0. The summed E-state index contributed by atoms with van der Waals surface area (Å²) in [5.41, 5.74) is 2.54. The van der Waals surface area contributed by atoms with Crippen molar-refractivity contribution in [3.05, 3.63) is 30.2 Å². The van der Waals surface area contributed by atoms with Gasteiger partial charge in [-0.1, -0.05) is 18.9 Å². The van der Waals surface area contributed by atoms with Crippen LogP contribution in [0.15, 0.2) is 29.0 Å². The molecule has 18 heavy (non-hydrogen) atoms. The van der Waals surface area contributed by atoms with Gasteiger partial charge in [0.1, 0.15) is 5.52 Å². The van der Waals surface area contributed by atoms with Crippen molar-refractivity contribution in [2.75, 3.05) is 0 Å². The third-order valence-corrected chi connectivity index (χ3v) is 3.48. The van der Waals surface area contributed by atoms with Crippen LogP contribution in [0.1, 0.15) is 31.2 Å². The van der Waals surface area contributed by atoms with Crippen molar-refractivity contribution in [1.29, 1.82) is 0 Å². The Balaban J connectivity index is 1.65. The summed E-state index contributed by atoms with van der Waals surface area (Å²) < 4.78 is 5.17. The molecule has 4 nitrogen and oxygen atoms in total. The molecule has 4 heteroatoms. The summed E-state index contributed by atoms with van der Waals surface area (Å²) in [7, 11) is 0. The van der Waals surface area contributed by atoms with Gasteiger partial charge >= 0.3 is 0 Å². The third-order valence-electron chi connectivity index (χ3n) is 3.48. The average Bonchev–Trinajstić information content (AvgIpc) is 2.98. The zero-order chi connectivity index (χ0) is 12.4. The van der Waals surface area contributed by atoms with Gasteiger partial charge in [-0.15, -0.1) is 0 Å². The van der Waals surface area contributed by atoms with Gasteiger partial charge in [0.15, 0.2) is 12.0 Å². The molecule has 0 aliphatic heterocycles. The maximum absolute atomic E-state index is 11.9. The van der Waals surface area contributed by atoms with Crippen molar-refractivity contribution >= 4 is 17.0 Å². The second-order valence-corrected chi connectivity index (χ2v) is 4.88. The second-order valence-electron chi connectivity index (χ2n) is 4.88. The first-order valence-corrected chi connectivity index (χ1v) is 6.43.